The van der Waals surface area contributed by atoms with E-state index in [1.807, 2.05) is 0 Å². The monoisotopic (exact) mass is 403 g/mol. The summed E-state index contributed by atoms with van der Waals surface area (Å²) in [6.45, 7) is 3.56. The minimum Gasteiger partial charge on any atom is -0.304 e. The highest BCUT2D eigenvalue weighted by molar-refractivity contribution is 5.33. The molecular formula is C27H37N3. The number of fused-ring (bicyclic) bond motifs is 3. The number of nitrogens with zero attached hydrogens (tertiary/aromatic N) is 2. The molecule has 3 atom stereocenters. The molecule has 30 heavy (non-hydrogen) atoms. The van der Waals surface area contributed by atoms with E-state index in [-0.39, 0.29) is 5.54 Å². The molecule has 3 unspecified atom stereocenters. The summed E-state index contributed by atoms with van der Waals surface area (Å²) in [6.07, 6.45) is 6.54. The third kappa shape index (κ3) is 3.72. The van der Waals surface area contributed by atoms with Crippen molar-refractivity contribution in [2.45, 2.75) is 55.5 Å². The van der Waals surface area contributed by atoms with Crippen molar-refractivity contribution in [3.05, 3.63) is 71.8 Å². The smallest absolute Gasteiger partial charge is 0.0482 e. The van der Waals surface area contributed by atoms with E-state index in [0.717, 1.165) is 6.67 Å². The molecule has 1 aliphatic heterocycles. The van der Waals surface area contributed by atoms with Gasteiger partial charge in [0.05, 0.1) is 0 Å². The van der Waals surface area contributed by atoms with Gasteiger partial charge in [-0.3, -0.25) is 4.90 Å². The molecule has 1 heterocycles. The number of hydrogen-bond acceptors (Lipinski definition) is 3. The Balaban J connectivity index is 1.52. The van der Waals surface area contributed by atoms with E-state index >= 15 is 0 Å². The maximum atomic E-state index is 4.07. The summed E-state index contributed by atoms with van der Waals surface area (Å²) in [7, 11) is 4.63. The number of benzene rings is 2. The van der Waals surface area contributed by atoms with Crippen molar-refractivity contribution in [2.24, 2.45) is 5.92 Å². The molecular weight excluding hydrogens is 366 g/mol. The average molecular weight is 404 g/mol. The van der Waals surface area contributed by atoms with Gasteiger partial charge in [-0.05, 0) is 88.2 Å². The topological polar surface area (TPSA) is 18.5 Å². The van der Waals surface area contributed by atoms with Gasteiger partial charge >= 0.3 is 0 Å². The molecule has 2 aromatic rings. The Bertz CT molecular complexity index is 763. The van der Waals surface area contributed by atoms with Crippen molar-refractivity contribution in [1.29, 1.82) is 0 Å². The molecule has 2 aromatic carbocycles. The fourth-order valence-electron chi connectivity index (χ4n) is 6.75. The van der Waals surface area contributed by atoms with Gasteiger partial charge < -0.3 is 10.2 Å². The molecule has 1 N–H and O–H groups in total. The lowest BCUT2D eigenvalue weighted by Gasteiger charge is -2.61. The summed E-state index contributed by atoms with van der Waals surface area (Å²) >= 11 is 0. The van der Waals surface area contributed by atoms with Gasteiger partial charge in [0.1, 0.15) is 0 Å². The maximum Gasteiger partial charge on any atom is 0.0482 e. The van der Waals surface area contributed by atoms with E-state index in [1.54, 1.807) is 0 Å². The van der Waals surface area contributed by atoms with Gasteiger partial charge in [-0.2, -0.15) is 0 Å². The number of hydrogen-bond donors (Lipinski definition) is 1. The highest BCUT2D eigenvalue weighted by Gasteiger charge is 2.56. The third-order valence-electron chi connectivity index (χ3n) is 8.37. The second kappa shape index (κ2) is 8.45. The van der Waals surface area contributed by atoms with Crippen molar-refractivity contribution in [3.8, 4) is 0 Å². The van der Waals surface area contributed by atoms with Crippen molar-refractivity contribution in [1.82, 2.24) is 15.1 Å². The van der Waals surface area contributed by atoms with E-state index in [9.17, 15) is 0 Å². The first-order chi connectivity index (χ1) is 14.7. The Morgan fingerprint density at radius 1 is 0.833 bits per heavy atom. The number of likely N-dealkylation sites (tertiary alicyclic amines) is 1. The van der Waals surface area contributed by atoms with Crippen LogP contribution in [0.2, 0.25) is 0 Å². The minimum atomic E-state index is 0.262. The lowest BCUT2D eigenvalue weighted by molar-refractivity contribution is -0.0346. The van der Waals surface area contributed by atoms with Crippen molar-refractivity contribution in [3.63, 3.8) is 0 Å². The van der Waals surface area contributed by atoms with E-state index in [0.29, 0.717) is 23.8 Å². The molecule has 3 aliphatic carbocycles. The number of nitrogens with one attached hydrogen (secondary N) is 1. The Labute approximate surface area is 182 Å². The molecule has 0 spiro atoms. The molecule has 160 valence electrons. The molecule has 3 saturated carbocycles. The third-order valence-corrected chi connectivity index (χ3v) is 8.37. The van der Waals surface area contributed by atoms with Crippen molar-refractivity contribution >= 4 is 0 Å². The van der Waals surface area contributed by atoms with Crippen LogP contribution in [0.4, 0.5) is 0 Å². The van der Waals surface area contributed by atoms with Crippen LogP contribution in [0.1, 0.15) is 55.1 Å². The van der Waals surface area contributed by atoms with Gasteiger partial charge in [0.25, 0.3) is 0 Å². The second-order valence-electron chi connectivity index (χ2n) is 10.1. The predicted molar refractivity (Wildman–Crippen MR) is 125 cm³/mol. The first kappa shape index (κ1) is 20.2. The first-order valence-electron chi connectivity index (χ1n) is 11.9. The normalized spacial score (nSPS) is 34.0. The van der Waals surface area contributed by atoms with Gasteiger partial charge in [0.15, 0.2) is 0 Å². The Kier molecular flexibility index (Phi) is 5.70. The van der Waals surface area contributed by atoms with Crippen molar-refractivity contribution < 1.29 is 0 Å². The molecule has 0 radical (unpaired) electrons. The summed E-state index contributed by atoms with van der Waals surface area (Å²) in [4.78, 5) is 5.17. The van der Waals surface area contributed by atoms with Crippen LogP contribution in [0.3, 0.4) is 0 Å². The van der Waals surface area contributed by atoms with E-state index in [1.165, 1.54) is 56.3 Å². The average Bonchev–Trinajstić information content (AvgIpc) is 3.32. The fourth-order valence-corrected chi connectivity index (χ4v) is 6.75. The first-order valence-corrected chi connectivity index (χ1v) is 11.9. The van der Waals surface area contributed by atoms with Crippen LogP contribution in [0.15, 0.2) is 60.7 Å². The van der Waals surface area contributed by atoms with Crippen molar-refractivity contribution in [2.75, 3.05) is 33.9 Å². The molecule has 1 saturated heterocycles. The van der Waals surface area contributed by atoms with Crippen LogP contribution in [0, 0.1) is 5.92 Å². The van der Waals surface area contributed by atoms with Gasteiger partial charge in [0.2, 0.25) is 0 Å². The summed E-state index contributed by atoms with van der Waals surface area (Å²) in [5.41, 5.74) is 3.32. The molecule has 6 rings (SSSR count). The summed E-state index contributed by atoms with van der Waals surface area (Å²) in [5.74, 6) is 1.87. The van der Waals surface area contributed by atoms with E-state index < -0.39 is 0 Å². The minimum absolute atomic E-state index is 0.262. The molecule has 4 fully saturated rings. The zero-order valence-corrected chi connectivity index (χ0v) is 18.6. The largest absolute Gasteiger partial charge is 0.304 e. The van der Waals surface area contributed by atoms with Gasteiger partial charge in [-0.15, -0.1) is 0 Å². The highest BCUT2D eigenvalue weighted by Crippen LogP contribution is 2.59. The SMILES string of the molecule is CN(C)C12CC(NCN3CCCC3)C(C(c3ccccc3)C1)C(c1ccccc1)C2. The summed E-state index contributed by atoms with van der Waals surface area (Å²) in [6, 6.07) is 23.3. The van der Waals surface area contributed by atoms with Gasteiger partial charge in [-0.1, -0.05) is 60.7 Å². The standard InChI is InChI=1S/C27H37N3/c1-29(2)27-17-23(21-11-5-3-6-12-21)26(24(18-27)22-13-7-4-8-14-22)25(19-27)28-20-30-15-9-10-16-30/h3-8,11-14,23-26,28H,9-10,15-20H2,1-2H3. The number of rotatable bonds is 6. The quantitative estimate of drug-likeness (QED) is 0.755. The molecule has 0 aromatic heterocycles. The lowest BCUT2D eigenvalue weighted by Crippen LogP contribution is -2.64. The fraction of sp³-hybridized carbons (Fsp3) is 0.556. The Hall–Kier alpha value is -1.68. The van der Waals surface area contributed by atoms with Crippen LogP contribution in [-0.4, -0.2) is 55.2 Å². The summed E-state index contributed by atoms with van der Waals surface area (Å²) < 4.78 is 0. The van der Waals surface area contributed by atoms with Crippen LogP contribution < -0.4 is 5.32 Å². The maximum absolute atomic E-state index is 4.07. The molecule has 4 aliphatic rings. The van der Waals surface area contributed by atoms with Crippen LogP contribution in [-0.2, 0) is 0 Å². The zero-order chi connectivity index (χ0) is 20.6. The van der Waals surface area contributed by atoms with E-state index in [4.69, 9.17) is 0 Å². The van der Waals surface area contributed by atoms with Crippen LogP contribution in [0.25, 0.3) is 0 Å². The second-order valence-corrected chi connectivity index (χ2v) is 10.1. The van der Waals surface area contributed by atoms with E-state index in [2.05, 4.69) is 89.9 Å². The summed E-state index contributed by atoms with van der Waals surface area (Å²) in [5, 5.41) is 4.07. The Morgan fingerprint density at radius 2 is 1.37 bits per heavy atom. The van der Waals surface area contributed by atoms with Gasteiger partial charge in [0, 0.05) is 18.2 Å². The molecule has 2 bridgehead atoms. The molecule has 3 nitrogen and oxygen atoms in total. The molecule has 0 amide bonds. The predicted octanol–water partition coefficient (Wildman–Crippen LogP) is 4.68. The van der Waals surface area contributed by atoms with Crippen LogP contribution >= 0.6 is 0 Å². The Morgan fingerprint density at radius 3 is 1.87 bits per heavy atom. The highest BCUT2D eigenvalue weighted by atomic mass is 15.2. The zero-order valence-electron chi connectivity index (χ0n) is 18.6. The molecule has 3 heteroatoms. The van der Waals surface area contributed by atoms with Gasteiger partial charge in [-0.25, -0.2) is 0 Å². The lowest BCUT2D eigenvalue weighted by atomic mass is 9.51. The van der Waals surface area contributed by atoms with Crippen LogP contribution in [0.5, 0.6) is 0 Å².